The molecule has 6 nitrogen and oxygen atoms in total. The molecule has 0 spiro atoms. The van der Waals surface area contributed by atoms with Gasteiger partial charge < -0.3 is 11.5 Å². The molecule has 0 aromatic carbocycles. The average molecular weight is 269 g/mol. The van der Waals surface area contributed by atoms with E-state index in [-0.39, 0.29) is 0 Å². The lowest BCUT2D eigenvalue weighted by molar-refractivity contribution is 0.945. The summed E-state index contributed by atoms with van der Waals surface area (Å²) >= 11 is 7.05. The first-order valence-electron chi connectivity index (χ1n) is 4.62. The van der Waals surface area contributed by atoms with Crippen molar-refractivity contribution in [1.82, 2.24) is 19.9 Å². The molecule has 0 atom stereocenters. The van der Waals surface area contributed by atoms with Crippen molar-refractivity contribution in [1.29, 1.82) is 0 Å². The van der Waals surface area contributed by atoms with E-state index in [1.807, 2.05) is 0 Å². The van der Waals surface area contributed by atoms with E-state index in [0.717, 1.165) is 0 Å². The maximum Gasteiger partial charge on any atom is 0.197 e. The summed E-state index contributed by atoms with van der Waals surface area (Å²) in [5, 5.41) is 1.45. The summed E-state index contributed by atoms with van der Waals surface area (Å²) < 4.78 is 0. The highest BCUT2D eigenvalue weighted by molar-refractivity contribution is 7.99. The minimum Gasteiger partial charge on any atom is -0.383 e. The summed E-state index contributed by atoms with van der Waals surface area (Å²) in [4.78, 5) is 16.2. The van der Waals surface area contributed by atoms with Crippen molar-refractivity contribution >= 4 is 35.0 Å². The van der Waals surface area contributed by atoms with E-state index in [4.69, 9.17) is 23.1 Å². The Morgan fingerprint density at radius 2 is 1.71 bits per heavy atom. The zero-order valence-electron chi connectivity index (χ0n) is 8.88. The largest absolute Gasteiger partial charge is 0.383 e. The summed E-state index contributed by atoms with van der Waals surface area (Å²) in [5.74, 6) is 1.21. The Morgan fingerprint density at radius 3 is 2.29 bits per heavy atom. The highest BCUT2D eigenvalue weighted by Crippen LogP contribution is 2.25. The fourth-order valence-corrected chi connectivity index (χ4v) is 2.29. The maximum absolute atomic E-state index is 5.82. The number of nitrogens with two attached hydrogens (primary N) is 2. The topological polar surface area (TPSA) is 104 Å². The zero-order valence-corrected chi connectivity index (χ0v) is 10.5. The van der Waals surface area contributed by atoms with Gasteiger partial charge in [-0.25, -0.2) is 19.9 Å². The molecule has 0 radical (unpaired) electrons. The fraction of sp³-hybridized carbons (Fsp3) is 0.111. The Morgan fingerprint density at radius 1 is 1.06 bits per heavy atom. The van der Waals surface area contributed by atoms with Crippen LogP contribution in [0, 0.1) is 6.92 Å². The number of anilines is 2. The Balaban J connectivity index is 2.31. The summed E-state index contributed by atoms with van der Waals surface area (Å²) in [6.07, 6.45) is 0. The van der Waals surface area contributed by atoms with Crippen LogP contribution >= 0.6 is 23.4 Å². The molecule has 0 fully saturated rings. The van der Waals surface area contributed by atoms with E-state index in [1.54, 1.807) is 13.0 Å². The Hall–Kier alpha value is -1.60. The van der Waals surface area contributed by atoms with Crippen LogP contribution in [0.3, 0.4) is 0 Å². The van der Waals surface area contributed by atoms with Crippen molar-refractivity contribution in [3.05, 3.63) is 23.1 Å². The number of rotatable bonds is 2. The molecule has 88 valence electrons. The lowest BCUT2D eigenvalue weighted by Crippen LogP contribution is -1.99. The fourth-order valence-electron chi connectivity index (χ4n) is 1.16. The first kappa shape index (κ1) is 11.9. The first-order chi connectivity index (χ1) is 8.02. The second kappa shape index (κ2) is 4.72. The molecule has 0 bridgehead atoms. The minimum absolute atomic E-state index is 0.317. The molecule has 0 aliphatic rings. The van der Waals surface area contributed by atoms with Crippen LogP contribution in [0.15, 0.2) is 22.3 Å². The number of nitrogens with zero attached hydrogens (tertiary/aromatic N) is 4. The van der Waals surface area contributed by atoms with Crippen LogP contribution in [0.25, 0.3) is 0 Å². The third-order valence-corrected chi connectivity index (χ3v) is 2.70. The third kappa shape index (κ3) is 3.18. The highest BCUT2D eigenvalue weighted by Gasteiger charge is 2.06. The van der Waals surface area contributed by atoms with Gasteiger partial charge in [0.15, 0.2) is 5.16 Å². The van der Waals surface area contributed by atoms with Crippen LogP contribution in [-0.4, -0.2) is 19.9 Å². The maximum atomic E-state index is 5.82. The van der Waals surface area contributed by atoms with Gasteiger partial charge in [-0.15, -0.1) is 0 Å². The quantitative estimate of drug-likeness (QED) is 0.629. The summed E-state index contributed by atoms with van der Waals surface area (Å²) in [6, 6.07) is 3.12. The second-order valence-electron chi connectivity index (χ2n) is 3.18. The van der Waals surface area contributed by atoms with Crippen molar-refractivity contribution in [3.63, 3.8) is 0 Å². The molecular weight excluding hydrogens is 260 g/mol. The Kier molecular flexibility index (Phi) is 3.30. The minimum atomic E-state index is 0.317. The molecular formula is C9H9ClN6S. The Labute approximate surface area is 107 Å². The molecule has 2 heterocycles. The van der Waals surface area contributed by atoms with Gasteiger partial charge in [-0.1, -0.05) is 11.6 Å². The van der Waals surface area contributed by atoms with Crippen LogP contribution in [0.1, 0.15) is 5.82 Å². The second-order valence-corrected chi connectivity index (χ2v) is 4.55. The zero-order chi connectivity index (χ0) is 12.4. The molecule has 4 N–H and O–H groups in total. The third-order valence-electron chi connectivity index (χ3n) is 1.72. The summed E-state index contributed by atoms with van der Waals surface area (Å²) in [7, 11) is 0. The van der Waals surface area contributed by atoms with Crippen molar-refractivity contribution in [2.75, 3.05) is 11.5 Å². The van der Waals surface area contributed by atoms with E-state index in [2.05, 4.69) is 19.9 Å². The van der Waals surface area contributed by atoms with E-state index < -0.39 is 0 Å². The number of hydrogen-bond donors (Lipinski definition) is 2. The Bertz CT molecular complexity index is 471. The SMILES string of the molecule is Cc1nc(Cl)cc(Sc2nc(N)cc(N)n2)n1. The molecule has 2 rings (SSSR count). The van der Waals surface area contributed by atoms with Gasteiger partial charge in [-0.05, 0) is 18.7 Å². The lowest BCUT2D eigenvalue weighted by atomic mass is 10.5. The van der Waals surface area contributed by atoms with Gasteiger partial charge in [0.05, 0.1) is 0 Å². The molecule has 2 aromatic heterocycles. The van der Waals surface area contributed by atoms with Crippen molar-refractivity contribution in [2.24, 2.45) is 0 Å². The van der Waals surface area contributed by atoms with E-state index in [9.17, 15) is 0 Å². The standard InChI is InChI=1S/C9H9ClN6S/c1-4-13-5(10)2-8(14-4)17-9-15-6(11)3-7(12)16-9/h2-3H,1H3,(H4,11,12,15,16). The predicted octanol–water partition coefficient (Wildman–Crippen LogP) is 1.54. The lowest BCUT2D eigenvalue weighted by Gasteiger charge is -2.03. The van der Waals surface area contributed by atoms with Crippen LogP contribution in [0.4, 0.5) is 11.6 Å². The molecule has 8 heteroatoms. The van der Waals surface area contributed by atoms with Gasteiger partial charge in [0.1, 0.15) is 27.6 Å². The molecule has 0 saturated carbocycles. The summed E-state index contributed by atoms with van der Waals surface area (Å²) in [5.41, 5.74) is 11.1. The molecule has 17 heavy (non-hydrogen) atoms. The summed E-state index contributed by atoms with van der Waals surface area (Å²) in [6.45, 7) is 1.75. The monoisotopic (exact) mass is 268 g/mol. The van der Waals surface area contributed by atoms with Gasteiger partial charge in [0.2, 0.25) is 0 Å². The number of hydrogen-bond acceptors (Lipinski definition) is 7. The predicted molar refractivity (Wildman–Crippen MR) is 66.8 cm³/mol. The van der Waals surface area contributed by atoms with Gasteiger partial charge in [0.25, 0.3) is 0 Å². The molecule has 0 amide bonds. The number of aryl methyl sites for hydroxylation is 1. The molecule has 0 saturated heterocycles. The van der Waals surface area contributed by atoms with E-state index in [0.29, 0.717) is 32.8 Å². The van der Waals surface area contributed by atoms with Crippen LogP contribution in [0.5, 0.6) is 0 Å². The van der Waals surface area contributed by atoms with E-state index in [1.165, 1.54) is 17.8 Å². The number of aromatic nitrogens is 4. The number of halogens is 1. The molecule has 2 aromatic rings. The number of nitrogen functional groups attached to an aromatic ring is 2. The normalized spacial score (nSPS) is 10.5. The highest BCUT2D eigenvalue weighted by atomic mass is 35.5. The molecule has 0 aliphatic carbocycles. The van der Waals surface area contributed by atoms with E-state index >= 15 is 0 Å². The van der Waals surface area contributed by atoms with Gasteiger partial charge in [-0.3, -0.25) is 0 Å². The van der Waals surface area contributed by atoms with Crippen molar-refractivity contribution in [3.8, 4) is 0 Å². The van der Waals surface area contributed by atoms with Gasteiger partial charge >= 0.3 is 0 Å². The first-order valence-corrected chi connectivity index (χ1v) is 5.81. The molecule has 0 aliphatic heterocycles. The van der Waals surface area contributed by atoms with Crippen LogP contribution < -0.4 is 11.5 Å². The van der Waals surface area contributed by atoms with Crippen molar-refractivity contribution < 1.29 is 0 Å². The smallest absolute Gasteiger partial charge is 0.197 e. The van der Waals surface area contributed by atoms with Gasteiger partial charge in [-0.2, -0.15) is 0 Å². The van der Waals surface area contributed by atoms with Crippen LogP contribution in [-0.2, 0) is 0 Å². The average Bonchev–Trinajstić information content (AvgIpc) is 2.13. The van der Waals surface area contributed by atoms with Crippen molar-refractivity contribution in [2.45, 2.75) is 17.1 Å². The van der Waals surface area contributed by atoms with Crippen LogP contribution in [0.2, 0.25) is 5.15 Å². The molecule has 0 unspecified atom stereocenters. The van der Waals surface area contributed by atoms with Gasteiger partial charge in [0, 0.05) is 12.1 Å².